The summed E-state index contributed by atoms with van der Waals surface area (Å²) in [7, 11) is 0. The molecule has 0 saturated heterocycles. The zero-order chi connectivity index (χ0) is 23.6. The SMILES string of the molecule is O=C(CCn1c(-c2ccc(C(=O)O)cc2)nc2ccccc21)Nc1cccc(C(F)(F)F)c1. The predicted octanol–water partition coefficient (Wildman–Crippen LogP) is 5.45. The van der Waals surface area contributed by atoms with Crippen molar-refractivity contribution in [3.63, 3.8) is 0 Å². The van der Waals surface area contributed by atoms with Crippen molar-refractivity contribution in [2.45, 2.75) is 19.1 Å². The number of benzene rings is 3. The lowest BCUT2D eigenvalue weighted by molar-refractivity contribution is -0.137. The van der Waals surface area contributed by atoms with Crippen LogP contribution in [0.5, 0.6) is 0 Å². The quantitative estimate of drug-likeness (QED) is 0.407. The Morgan fingerprint density at radius 2 is 1.70 bits per heavy atom. The number of alkyl halides is 3. The number of amides is 1. The largest absolute Gasteiger partial charge is 0.478 e. The van der Waals surface area contributed by atoms with Gasteiger partial charge in [-0.15, -0.1) is 0 Å². The summed E-state index contributed by atoms with van der Waals surface area (Å²) < 4.78 is 40.6. The number of halogens is 3. The number of aromatic nitrogens is 2. The molecule has 0 bridgehead atoms. The average Bonchev–Trinajstić information content (AvgIpc) is 3.16. The van der Waals surface area contributed by atoms with Gasteiger partial charge >= 0.3 is 12.1 Å². The van der Waals surface area contributed by atoms with Crippen molar-refractivity contribution in [2.75, 3.05) is 5.32 Å². The molecule has 1 aromatic heterocycles. The highest BCUT2D eigenvalue weighted by Gasteiger charge is 2.30. The number of nitrogens with one attached hydrogen (secondary N) is 1. The number of fused-ring (bicyclic) bond motifs is 1. The third kappa shape index (κ3) is 4.87. The Kier molecular flexibility index (Phi) is 5.87. The zero-order valence-electron chi connectivity index (χ0n) is 17.1. The molecule has 33 heavy (non-hydrogen) atoms. The smallest absolute Gasteiger partial charge is 0.416 e. The van der Waals surface area contributed by atoms with E-state index in [9.17, 15) is 22.8 Å². The van der Waals surface area contributed by atoms with Gasteiger partial charge in [0.25, 0.3) is 0 Å². The van der Waals surface area contributed by atoms with Gasteiger partial charge in [0.2, 0.25) is 5.91 Å². The van der Waals surface area contributed by atoms with Crippen molar-refractivity contribution in [2.24, 2.45) is 0 Å². The molecule has 0 aliphatic carbocycles. The second-order valence-corrected chi connectivity index (χ2v) is 7.34. The molecule has 0 radical (unpaired) electrons. The highest BCUT2D eigenvalue weighted by molar-refractivity contribution is 5.91. The van der Waals surface area contributed by atoms with Gasteiger partial charge in [0, 0.05) is 24.2 Å². The molecule has 168 valence electrons. The van der Waals surface area contributed by atoms with Crippen molar-refractivity contribution in [3.05, 3.63) is 83.9 Å². The first-order valence-corrected chi connectivity index (χ1v) is 9.98. The molecule has 6 nitrogen and oxygen atoms in total. The second kappa shape index (κ2) is 8.78. The lowest BCUT2D eigenvalue weighted by Gasteiger charge is -2.12. The van der Waals surface area contributed by atoms with Crippen LogP contribution in [0.15, 0.2) is 72.8 Å². The first kappa shape index (κ1) is 22.1. The van der Waals surface area contributed by atoms with Crippen LogP contribution in [0.25, 0.3) is 22.4 Å². The Morgan fingerprint density at radius 3 is 2.39 bits per heavy atom. The molecule has 0 aliphatic rings. The first-order chi connectivity index (χ1) is 15.7. The molecule has 0 spiro atoms. The minimum absolute atomic E-state index is 0.00317. The van der Waals surface area contributed by atoms with E-state index in [0.717, 1.165) is 17.6 Å². The van der Waals surface area contributed by atoms with Gasteiger partial charge in [0.05, 0.1) is 22.2 Å². The summed E-state index contributed by atoms with van der Waals surface area (Å²) in [6, 6.07) is 18.0. The summed E-state index contributed by atoms with van der Waals surface area (Å²) in [6.45, 7) is 0.224. The first-order valence-electron chi connectivity index (χ1n) is 9.98. The van der Waals surface area contributed by atoms with E-state index in [1.165, 1.54) is 24.3 Å². The van der Waals surface area contributed by atoms with Crippen LogP contribution in [0.3, 0.4) is 0 Å². The van der Waals surface area contributed by atoms with Crippen molar-refractivity contribution in [3.8, 4) is 11.4 Å². The van der Waals surface area contributed by atoms with E-state index in [1.54, 1.807) is 12.1 Å². The van der Waals surface area contributed by atoms with Gasteiger partial charge in [-0.25, -0.2) is 9.78 Å². The minimum Gasteiger partial charge on any atom is -0.478 e. The summed E-state index contributed by atoms with van der Waals surface area (Å²) >= 11 is 0. The van der Waals surface area contributed by atoms with Crippen LogP contribution in [0.1, 0.15) is 22.3 Å². The van der Waals surface area contributed by atoms with Crippen LogP contribution in [0.2, 0.25) is 0 Å². The number of hydrogen-bond acceptors (Lipinski definition) is 3. The number of carbonyl (C=O) groups is 2. The normalized spacial score (nSPS) is 11.5. The molecular formula is C24H18F3N3O3. The Balaban J connectivity index is 1.57. The number of para-hydroxylation sites is 2. The molecule has 3 aromatic carbocycles. The van der Waals surface area contributed by atoms with Gasteiger partial charge in [0.1, 0.15) is 5.82 Å². The standard InChI is InChI=1S/C24H18F3N3O3/c25-24(26,27)17-4-3-5-18(14-17)28-21(31)12-13-30-20-7-2-1-6-19(20)29-22(30)15-8-10-16(11-9-15)23(32)33/h1-11,14H,12-13H2,(H,28,31)(H,32,33). The molecule has 4 aromatic rings. The number of rotatable bonds is 6. The number of aromatic carboxylic acids is 1. The number of carboxylic acids is 1. The van der Waals surface area contributed by atoms with Crippen molar-refractivity contribution in [1.29, 1.82) is 0 Å². The topological polar surface area (TPSA) is 84.2 Å². The Labute approximate surface area is 186 Å². The fraction of sp³-hybridized carbons (Fsp3) is 0.125. The van der Waals surface area contributed by atoms with E-state index >= 15 is 0 Å². The van der Waals surface area contributed by atoms with E-state index in [1.807, 2.05) is 28.8 Å². The molecule has 0 unspecified atom stereocenters. The number of imidazole rings is 1. The molecule has 9 heteroatoms. The molecule has 0 fully saturated rings. The van der Waals surface area contributed by atoms with Crippen LogP contribution < -0.4 is 5.32 Å². The zero-order valence-corrected chi connectivity index (χ0v) is 17.1. The third-order valence-corrected chi connectivity index (χ3v) is 5.08. The molecule has 1 amide bonds. The summed E-state index contributed by atoms with van der Waals surface area (Å²) in [5.74, 6) is -0.930. The van der Waals surface area contributed by atoms with Gasteiger partial charge in [-0.3, -0.25) is 4.79 Å². The fourth-order valence-corrected chi connectivity index (χ4v) is 3.49. The van der Waals surface area contributed by atoms with E-state index in [0.29, 0.717) is 16.9 Å². The molecule has 2 N–H and O–H groups in total. The van der Waals surface area contributed by atoms with E-state index in [-0.39, 0.29) is 24.2 Å². The highest BCUT2D eigenvalue weighted by Crippen LogP contribution is 2.31. The van der Waals surface area contributed by atoms with Gasteiger partial charge in [-0.2, -0.15) is 13.2 Å². The maximum absolute atomic E-state index is 12.9. The number of carbonyl (C=O) groups excluding carboxylic acids is 1. The Morgan fingerprint density at radius 1 is 0.970 bits per heavy atom. The maximum Gasteiger partial charge on any atom is 0.416 e. The highest BCUT2D eigenvalue weighted by atomic mass is 19.4. The van der Waals surface area contributed by atoms with Crippen LogP contribution in [-0.4, -0.2) is 26.5 Å². The summed E-state index contributed by atoms with van der Waals surface area (Å²) in [5, 5.41) is 11.6. The third-order valence-electron chi connectivity index (χ3n) is 5.08. The molecule has 0 saturated carbocycles. The molecule has 1 heterocycles. The van der Waals surface area contributed by atoms with Crippen molar-refractivity contribution in [1.82, 2.24) is 9.55 Å². The van der Waals surface area contributed by atoms with E-state index in [2.05, 4.69) is 10.3 Å². The lowest BCUT2D eigenvalue weighted by atomic mass is 10.1. The van der Waals surface area contributed by atoms with Gasteiger partial charge in [-0.1, -0.05) is 30.3 Å². The predicted molar refractivity (Wildman–Crippen MR) is 117 cm³/mol. The van der Waals surface area contributed by atoms with Gasteiger partial charge in [-0.05, 0) is 42.5 Å². The summed E-state index contributed by atoms with van der Waals surface area (Å²) in [5.41, 5.74) is 1.52. The number of carboxylic acid groups (broad SMARTS) is 1. The van der Waals surface area contributed by atoms with Gasteiger partial charge < -0.3 is 15.0 Å². The number of aryl methyl sites for hydroxylation is 1. The van der Waals surface area contributed by atoms with Crippen LogP contribution in [0, 0.1) is 0 Å². The number of nitrogens with zero attached hydrogens (tertiary/aromatic N) is 2. The molecule has 0 aliphatic heterocycles. The summed E-state index contributed by atoms with van der Waals surface area (Å²) in [4.78, 5) is 28.2. The average molecular weight is 453 g/mol. The van der Waals surface area contributed by atoms with Crippen molar-refractivity contribution < 1.29 is 27.9 Å². The minimum atomic E-state index is -4.50. The molecule has 4 rings (SSSR count). The Bertz CT molecular complexity index is 1330. The van der Waals surface area contributed by atoms with Crippen LogP contribution in [-0.2, 0) is 17.5 Å². The molecule has 0 atom stereocenters. The summed E-state index contributed by atoms with van der Waals surface area (Å²) in [6.07, 6.45) is -4.50. The van der Waals surface area contributed by atoms with E-state index < -0.39 is 23.6 Å². The second-order valence-electron chi connectivity index (χ2n) is 7.34. The monoisotopic (exact) mass is 453 g/mol. The lowest BCUT2D eigenvalue weighted by Crippen LogP contribution is -2.15. The van der Waals surface area contributed by atoms with Crippen LogP contribution in [0.4, 0.5) is 18.9 Å². The number of anilines is 1. The van der Waals surface area contributed by atoms with Crippen molar-refractivity contribution >= 4 is 28.6 Å². The molecular weight excluding hydrogens is 435 g/mol. The fourth-order valence-electron chi connectivity index (χ4n) is 3.49. The Hall–Kier alpha value is -4.14. The maximum atomic E-state index is 12.9. The van der Waals surface area contributed by atoms with E-state index in [4.69, 9.17) is 5.11 Å². The van der Waals surface area contributed by atoms with Crippen LogP contribution >= 0.6 is 0 Å². The van der Waals surface area contributed by atoms with Gasteiger partial charge in [0.15, 0.2) is 0 Å². The number of hydrogen-bond donors (Lipinski definition) is 2.